The Morgan fingerprint density at radius 3 is 2.90 bits per heavy atom. The Morgan fingerprint density at radius 2 is 2.25 bits per heavy atom. The lowest BCUT2D eigenvalue weighted by atomic mass is 10.2. The largest absolute Gasteiger partial charge is 0.430 e. The predicted molar refractivity (Wildman–Crippen MR) is 69.5 cm³/mol. The summed E-state index contributed by atoms with van der Waals surface area (Å²) < 4.78 is 5.35. The molecular formula is C12H9N5O3. The molecule has 0 bridgehead atoms. The highest BCUT2D eigenvalue weighted by molar-refractivity contribution is 5.52. The van der Waals surface area contributed by atoms with Gasteiger partial charge in [-0.1, -0.05) is 0 Å². The second kappa shape index (κ2) is 5.62. The standard InChI is InChI=1S/C12H9N5O3/c1-14-11-6-15-7-12(16-11)20-10-3-2-8(5-13)4-9(10)17(18)19/h2-4,6-7H,1H3,(H,14,16). The quantitative estimate of drug-likeness (QED) is 0.668. The SMILES string of the molecule is CNc1cncc(Oc2ccc(C#N)cc2[N+](=O)[O-])n1. The highest BCUT2D eigenvalue weighted by atomic mass is 16.6. The zero-order valence-electron chi connectivity index (χ0n) is 10.4. The molecule has 8 heteroatoms. The number of aromatic nitrogens is 2. The second-order valence-corrected chi connectivity index (χ2v) is 3.65. The number of nitriles is 1. The van der Waals surface area contributed by atoms with Gasteiger partial charge in [0.2, 0.25) is 11.6 Å². The van der Waals surface area contributed by atoms with Crippen molar-refractivity contribution in [1.82, 2.24) is 9.97 Å². The Bertz CT molecular complexity index is 696. The van der Waals surface area contributed by atoms with Gasteiger partial charge in [-0.15, -0.1) is 0 Å². The van der Waals surface area contributed by atoms with E-state index in [0.717, 1.165) is 6.07 Å². The maximum absolute atomic E-state index is 11.0. The normalized spacial score (nSPS) is 9.60. The lowest BCUT2D eigenvalue weighted by Gasteiger charge is -2.06. The first-order valence-electron chi connectivity index (χ1n) is 5.50. The molecule has 2 rings (SSSR count). The topological polar surface area (TPSA) is 114 Å². The Balaban J connectivity index is 2.37. The molecule has 0 saturated carbocycles. The number of ether oxygens (including phenoxy) is 1. The van der Waals surface area contributed by atoms with E-state index in [1.165, 1.54) is 24.5 Å². The summed E-state index contributed by atoms with van der Waals surface area (Å²) in [4.78, 5) is 18.3. The van der Waals surface area contributed by atoms with Crippen molar-refractivity contribution >= 4 is 11.5 Å². The number of nitrogens with zero attached hydrogens (tertiary/aromatic N) is 4. The van der Waals surface area contributed by atoms with Gasteiger partial charge in [-0.05, 0) is 12.1 Å². The molecule has 0 fully saturated rings. The van der Waals surface area contributed by atoms with Gasteiger partial charge in [0.15, 0.2) is 0 Å². The Kier molecular flexibility index (Phi) is 3.72. The van der Waals surface area contributed by atoms with E-state index in [-0.39, 0.29) is 22.9 Å². The van der Waals surface area contributed by atoms with Crippen LogP contribution in [-0.2, 0) is 0 Å². The molecule has 20 heavy (non-hydrogen) atoms. The minimum Gasteiger partial charge on any atom is -0.430 e. The Hall–Kier alpha value is -3.21. The smallest absolute Gasteiger partial charge is 0.312 e. The van der Waals surface area contributed by atoms with Crippen molar-refractivity contribution in [3.63, 3.8) is 0 Å². The molecule has 0 aliphatic heterocycles. The van der Waals surface area contributed by atoms with E-state index in [1.807, 2.05) is 6.07 Å². The number of benzene rings is 1. The van der Waals surface area contributed by atoms with Gasteiger partial charge in [0, 0.05) is 13.1 Å². The number of nitro benzene ring substituents is 1. The number of hydrogen-bond donors (Lipinski definition) is 1. The fraction of sp³-hybridized carbons (Fsp3) is 0.0833. The molecule has 1 N–H and O–H groups in total. The van der Waals surface area contributed by atoms with Gasteiger partial charge in [0.1, 0.15) is 5.82 Å². The molecule has 0 radical (unpaired) electrons. The molecule has 1 aromatic carbocycles. The first kappa shape index (κ1) is 13.2. The fourth-order valence-corrected chi connectivity index (χ4v) is 1.45. The Morgan fingerprint density at radius 1 is 1.45 bits per heavy atom. The minimum absolute atomic E-state index is 0.00319. The fourth-order valence-electron chi connectivity index (χ4n) is 1.45. The van der Waals surface area contributed by atoms with E-state index >= 15 is 0 Å². The predicted octanol–water partition coefficient (Wildman–Crippen LogP) is 2.09. The van der Waals surface area contributed by atoms with E-state index in [0.29, 0.717) is 5.82 Å². The number of hydrogen-bond acceptors (Lipinski definition) is 7. The van der Waals surface area contributed by atoms with Gasteiger partial charge in [-0.2, -0.15) is 10.2 Å². The van der Waals surface area contributed by atoms with Crippen molar-refractivity contribution in [3.05, 3.63) is 46.3 Å². The van der Waals surface area contributed by atoms with Crippen LogP contribution in [0.1, 0.15) is 5.56 Å². The van der Waals surface area contributed by atoms with Crippen LogP contribution in [0.4, 0.5) is 11.5 Å². The van der Waals surface area contributed by atoms with E-state index < -0.39 is 4.92 Å². The third-order valence-electron chi connectivity index (χ3n) is 2.37. The van der Waals surface area contributed by atoms with Gasteiger partial charge in [-0.3, -0.25) is 15.1 Å². The van der Waals surface area contributed by atoms with Crippen LogP contribution in [0, 0.1) is 21.4 Å². The first-order chi connectivity index (χ1) is 9.63. The molecule has 0 atom stereocenters. The highest BCUT2D eigenvalue weighted by Crippen LogP contribution is 2.31. The average molecular weight is 271 g/mol. The van der Waals surface area contributed by atoms with Gasteiger partial charge in [-0.25, -0.2) is 0 Å². The number of rotatable bonds is 4. The van der Waals surface area contributed by atoms with Crippen LogP contribution in [0.2, 0.25) is 0 Å². The lowest BCUT2D eigenvalue weighted by molar-refractivity contribution is -0.385. The van der Waals surface area contributed by atoms with Crippen LogP contribution >= 0.6 is 0 Å². The van der Waals surface area contributed by atoms with Crippen molar-refractivity contribution in [2.24, 2.45) is 0 Å². The Labute approximate surface area is 113 Å². The summed E-state index contributed by atoms with van der Waals surface area (Å²) in [6.07, 6.45) is 2.82. The number of nitro groups is 1. The van der Waals surface area contributed by atoms with Crippen LogP contribution in [0.3, 0.4) is 0 Å². The molecule has 0 spiro atoms. The zero-order valence-corrected chi connectivity index (χ0v) is 10.4. The van der Waals surface area contributed by atoms with Gasteiger partial charge < -0.3 is 10.1 Å². The van der Waals surface area contributed by atoms with Crippen LogP contribution in [-0.4, -0.2) is 21.9 Å². The van der Waals surface area contributed by atoms with Gasteiger partial charge >= 0.3 is 5.69 Å². The summed E-state index contributed by atoms with van der Waals surface area (Å²) in [6, 6.07) is 5.76. The summed E-state index contributed by atoms with van der Waals surface area (Å²) in [6.45, 7) is 0. The second-order valence-electron chi connectivity index (χ2n) is 3.65. The molecule has 1 heterocycles. The average Bonchev–Trinajstić information content (AvgIpc) is 2.47. The van der Waals surface area contributed by atoms with Crippen molar-refractivity contribution in [1.29, 1.82) is 5.26 Å². The zero-order chi connectivity index (χ0) is 14.5. The van der Waals surface area contributed by atoms with E-state index in [9.17, 15) is 10.1 Å². The third-order valence-corrected chi connectivity index (χ3v) is 2.37. The molecule has 0 unspecified atom stereocenters. The molecule has 0 aliphatic rings. The first-order valence-corrected chi connectivity index (χ1v) is 5.50. The summed E-state index contributed by atoms with van der Waals surface area (Å²) in [5.41, 5.74) is -0.125. The molecular weight excluding hydrogens is 262 g/mol. The van der Waals surface area contributed by atoms with Crippen LogP contribution in [0.25, 0.3) is 0 Å². The molecule has 100 valence electrons. The van der Waals surface area contributed by atoms with Crippen LogP contribution in [0.5, 0.6) is 11.6 Å². The summed E-state index contributed by atoms with van der Waals surface area (Å²) in [5.74, 6) is 0.583. The van der Waals surface area contributed by atoms with Gasteiger partial charge in [0.25, 0.3) is 0 Å². The van der Waals surface area contributed by atoms with E-state index in [4.69, 9.17) is 10.00 Å². The molecule has 2 aromatic rings. The summed E-state index contributed by atoms with van der Waals surface area (Å²) >= 11 is 0. The molecule has 0 saturated heterocycles. The highest BCUT2D eigenvalue weighted by Gasteiger charge is 2.17. The van der Waals surface area contributed by atoms with Crippen molar-refractivity contribution in [3.8, 4) is 17.7 Å². The molecule has 0 aliphatic carbocycles. The summed E-state index contributed by atoms with van der Waals surface area (Å²) in [7, 11) is 1.66. The van der Waals surface area contributed by atoms with Crippen molar-refractivity contribution < 1.29 is 9.66 Å². The number of nitrogens with one attached hydrogen (secondary N) is 1. The van der Waals surface area contributed by atoms with Gasteiger partial charge in [0.05, 0.1) is 28.9 Å². The third kappa shape index (κ3) is 2.78. The maximum Gasteiger partial charge on any atom is 0.312 e. The molecule has 1 aromatic heterocycles. The molecule has 8 nitrogen and oxygen atoms in total. The van der Waals surface area contributed by atoms with Crippen LogP contribution < -0.4 is 10.1 Å². The van der Waals surface area contributed by atoms with Crippen LogP contribution in [0.15, 0.2) is 30.6 Å². The van der Waals surface area contributed by atoms with E-state index in [2.05, 4.69) is 15.3 Å². The van der Waals surface area contributed by atoms with Crippen molar-refractivity contribution in [2.75, 3.05) is 12.4 Å². The van der Waals surface area contributed by atoms with E-state index in [1.54, 1.807) is 7.05 Å². The summed E-state index contributed by atoms with van der Waals surface area (Å²) in [5, 5.41) is 22.5. The number of anilines is 1. The van der Waals surface area contributed by atoms with Crippen molar-refractivity contribution in [2.45, 2.75) is 0 Å². The monoisotopic (exact) mass is 271 g/mol. The minimum atomic E-state index is -0.620. The lowest BCUT2D eigenvalue weighted by Crippen LogP contribution is -1.98. The molecule has 0 amide bonds. The maximum atomic E-state index is 11.0.